The second kappa shape index (κ2) is 6.66. The minimum atomic E-state index is -1.02. The van der Waals surface area contributed by atoms with Gasteiger partial charge in [-0.2, -0.15) is 0 Å². The zero-order chi connectivity index (χ0) is 14.7. The Morgan fingerprint density at radius 3 is 2.45 bits per heavy atom. The van der Waals surface area contributed by atoms with Gasteiger partial charge in [-0.1, -0.05) is 38.7 Å². The summed E-state index contributed by atoms with van der Waals surface area (Å²) in [7, 11) is 0. The second-order valence-corrected chi connectivity index (χ2v) is 6.11. The summed E-state index contributed by atoms with van der Waals surface area (Å²) < 4.78 is 27.9. The minimum Gasteiger partial charge on any atom is -0.388 e. The normalized spacial score (nSPS) is 24.6. The van der Waals surface area contributed by atoms with Crippen LogP contribution in [0.1, 0.15) is 62.7 Å². The fourth-order valence-electron chi connectivity index (χ4n) is 3.39. The van der Waals surface area contributed by atoms with E-state index in [-0.39, 0.29) is 11.5 Å². The molecular formula is C17H24F2O. The smallest absolute Gasteiger partial charge is 0.134 e. The number of hydrogen-bond acceptors (Lipinski definition) is 1. The van der Waals surface area contributed by atoms with Crippen molar-refractivity contribution in [2.45, 2.75) is 58.5 Å². The Morgan fingerprint density at radius 2 is 1.85 bits per heavy atom. The number of hydrogen-bond donors (Lipinski definition) is 1. The van der Waals surface area contributed by atoms with Gasteiger partial charge in [0.2, 0.25) is 0 Å². The highest BCUT2D eigenvalue weighted by molar-refractivity contribution is 5.28. The molecule has 0 heterocycles. The largest absolute Gasteiger partial charge is 0.388 e. The predicted octanol–water partition coefficient (Wildman–Crippen LogP) is 4.91. The summed E-state index contributed by atoms with van der Waals surface area (Å²) in [6.45, 7) is 3.78. The van der Waals surface area contributed by atoms with Crippen molar-refractivity contribution >= 4 is 0 Å². The molecule has 112 valence electrons. The molecule has 1 aromatic carbocycles. The van der Waals surface area contributed by atoms with Crippen molar-refractivity contribution in [2.75, 3.05) is 0 Å². The van der Waals surface area contributed by atoms with Crippen LogP contribution >= 0.6 is 0 Å². The van der Waals surface area contributed by atoms with E-state index >= 15 is 0 Å². The van der Waals surface area contributed by atoms with Gasteiger partial charge < -0.3 is 5.11 Å². The number of benzene rings is 1. The fourth-order valence-corrected chi connectivity index (χ4v) is 3.39. The first-order valence-corrected chi connectivity index (χ1v) is 7.67. The van der Waals surface area contributed by atoms with Crippen molar-refractivity contribution in [1.29, 1.82) is 0 Å². The highest BCUT2D eigenvalue weighted by Gasteiger charge is 2.30. The molecule has 1 fully saturated rings. The van der Waals surface area contributed by atoms with Gasteiger partial charge in [0, 0.05) is 0 Å². The van der Waals surface area contributed by atoms with E-state index in [1.807, 2.05) is 0 Å². The van der Waals surface area contributed by atoms with Gasteiger partial charge in [0.25, 0.3) is 0 Å². The van der Waals surface area contributed by atoms with Gasteiger partial charge in [-0.25, -0.2) is 8.78 Å². The number of halogens is 2. The van der Waals surface area contributed by atoms with Crippen LogP contribution in [0.25, 0.3) is 0 Å². The van der Waals surface area contributed by atoms with Crippen LogP contribution in [-0.2, 0) is 0 Å². The predicted molar refractivity (Wildman–Crippen MR) is 76.4 cm³/mol. The highest BCUT2D eigenvalue weighted by Crippen LogP contribution is 2.39. The van der Waals surface area contributed by atoms with E-state index in [0.717, 1.165) is 31.6 Å². The Morgan fingerprint density at radius 1 is 1.20 bits per heavy atom. The quantitative estimate of drug-likeness (QED) is 0.831. The van der Waals surface area contributed by atoms with Crippen LogP contribution in [0.15, 0.2) is 12.1 Å². The Balaban J connectivity index is 2.09. The van der Waals surface area contributed by atoms with E-state index in [9.17, 15) is 13.9 Å². The topological polar surface area (TPSA) is 20.2 Å². The molecule has 1 aliphatic rings. The number of aliphatic hydroxyl groups is 1. The first-order chi connectivity index (χ1) is 9.54. The lowest BCUT2D eigenvalue weighted by atomic mass is 9.76. The summed E-state index contributed by atoms with van der Waals surface area (Å²) in [5.41, 5.74) is 0.254. The summed E-state index contributed by atoms with van der Waals surface area (Å²) in [5, 5.41) is 10.4. The van der Waals surface area contributed by atoms with Crippen LogP contribution in [0.5, 0.6) is 0 Å². The fraction of sp³-hybridized carbons (Fsp3) is 0.647. The Kier molecular flexibility index (Phi) is 5.14. The number of rotatable bonds is 4. The van der Waals surface area contributed by atoms with Crippen molar-refractivity contribution in [2.24, 2.45) is 11.8 Å². The molecule has 1 saturated carbocycles. The molecule has 1 aliphatic carbocycles. The van der Waals surface area contributed by atoms with Crippen molar-refractivity contribution in [1.82, 2.24) is 0 Å². The Hall–Kier alpha value is -0.960. The van der Waals surface area contributed by atoms with E-state index in [1.165, 1.54) is 25.0 Å². The molecule has 1 atom stereocenters. The Bertz CT molecular complexity index is 451. The number of aryl methyl sites for hydroxylation is 1. The van der Waals surface area contributed by atoms with E-state index in [1.54, 1.807) is 6.92 Å². The van der Waals surface area contributed by atoms with E-state index < -0.39 is 17.7 Å². The lowest BCUT2D eigenvalue weighted by Gasteiger charge is -2.32. The molecule has 1 unspecified atom stereocenters. The summed E-state index contributed by atoms with van der Waals surface area (Å²) in [6, 6.07) is 2.67. The monoisotopic (exact) mass is 282 g/mol. The SMILES string of the molecule is CCCC1CCC(C(O)c2c(F)ccc(C)c2F)CC1. The third kappa shape index (κ3) is 3.20. The van der Waals surface area contributed by atoms with E-state index in [2.05, 4.69) is 6.92 Å². The van der Waals surface area contributed by atoms with Gasteiger partial charge in [0.05, 0.1) is 11.7 Å². The van der Waals surface area contributed by atoms with E-state index in [0.29, 0.717) is 5.56 Å². The van der Waals surface area contributed by atoms with Gasteiger partial charge in [0.1, 0.15) is 11.6 Å². The molecule has 0 amide bonds. The van der Waals surface area contributed by atoms with Crippen molar-refractivity contribution < 1.29 is 13.9 Å². The molecule has 1 aromatic rings. The second-order valence-electron chi connectivity index (χ2n) is 6.11. The molecule has 0 spiro atoms. The third-order valence-corrected chi connectivity index (χ3v) is 4.65. The zero-order valence-corrected chi connectivity index (χ0v) is 12.3. The molecule has 3 heteroatoms. The summed E-state index contributed by atoms with van der Waals surface area (Å²) in [5.74, 6) is -0.519. The van der Waals surface area contributed by atoms with Gasteiger partial charge in [-0.05, 0) is 43.2 Å². The van der Waals surface area contributed by atoms with Crippen LogP contribution in [0.3, 0.4) is 0 Å². The first-order valence-electron chi connectivity index (χ1n) is 7.67. The lowest BCUT2D eigenvalue weighted by Crippen LogP contribution is -2.22. The van der Waals surface area contributed by atoms with Crippen molar-refractivity contribution in [3.63, 3.8) is 0 Å². The standard InChI is InChI=1S/C17H24F2O/c1-3-4-12-6-8-13(9-7-12)17(20)15-14(18)10-5-11(2)16(15)19/h5,10,12-13,17,20H,3-4,6-9H2,1-2H3. The molecule has 0 aromatic heterocycles. The average molecular weight is 282 g/mol. The molecule has 0 saturated heterocycles. The minimum absolute atomic E-state index is 0.0195. The Labute approximate surface area is 120 Å². The molecular weight excluding hydrogens is 258 g/mol. The van der Waals surface area contributed by atoms with Crippen molar-refractivity contribution in [3.05, 3.63) is 34.9 Å². The van der Waals surface area contributed by atoms with Crippen molar-refractivity contribution in [3.8, 4) is 0 Å². The highest BCUT2D eigenvalue weighted by atomic mass is 19.1. The summed E-state index contributed by atoms with van der Waals surface area (Å²) in [6.07, 6.45) is 5.22. The molecule has 1 nitrogen and oxygen atoms in total. The van der Waals surface area contributed by atoms with Crippen LogP contribution < -0.4 is 0 Å². The van der Waals surface area contributed by atoms with Gasteiger partial charge in [0.15, 0.2) is 0 Å². The van der Waals surface area contributed by atoms with Gasteiger partial charge in [-0.15, -0.1) is 0 Å². The summed E-state index contributed by atoms with van der Waals surface area (Å²) in [4.78, 5) is 0. The molecule has 0 bridgehead atoms. The van der Waals surface area contributed by atoms with Gasteiger partial charge >= 0.3 is 0 Å². The maximum Gasteiger partial charge on any atom is 0.134 e. The maximum atomic E-state index is 14.1. The van der Waals surface area contributed by atoms with Gasteiger partial charge in [-0.3, -0.25) is 0 Å². The third-order valence-electron chi connectivity index (χ3n) is 4.65. The van der Waals surface area contributed by atoms with Crippen LogP contribution in [0, 0.1) is 30.4 Å². The maximum absolute atomic E-state index is 14.1. The van der Waals surface area contributed by atoms with E-state index in [4.69, 9.17) is 0 Å². The molecule has 2 rings (SSSR count). The molecule has 1 N–H and O–H groups in total. The van der Waals surface area contributed by atoms with Crippen LogP contribution in [0.4, 0.5) is 8.78 Å². The summed E-state index contributed by atoms with van der Waals surface area (Å²) >= 11 is 0. The zero-order valence-electron chi connectivity index (χ0n) is 12.3. The molecule has 0 radical (unpaired) electrons. The first kappa shape index (κ1) is 15.4. The molecule has 20 heavy (non-hydrogen) atoms. The molecule has 0 aliphatic heterocycles. The number of aliphatic hydroxyl groups excluding tert-OH is 1. The lowest BCUT2D eigenvalue weighted by molar-refractivity contribution is 0.0662. The average Bonchev–Trinajstić information content (AvgIpc) is 2.44. The van der Waals surface area contributed by atoms with Crippen LogP contribution in [-0.4, -0.2) is 5.11 Å². The van der Waals surface area contributed by atoms with Crippen LogP contribution in [0.2, 0.25) is 0 Å².